The first kappa shape index (κ1) is 18.3. The quantitative estimate of drug-likeness (QED) is 0.716. The van der Waals surface area contributed by atoms with Gasteiger partial charge in [0.25, 0.3) is 0 Å². The van der Waals surface area contributed by atoms with Crippen LogP contribution in [0.5, 0.6) is 0 Å². The summed E-state index contributed by atoms with van der Waals surface area (Å²) in [6.07, 6.45) is 0.0703. The van der Waals surface area contributed by atoms with Crippen LogP contribution in [-0.2, 0) is 0 Å². The molecule has 2 rings (SSSR count). The van der Waals surface area contributed by atoms with E-state index in [-0.39, 0.29) is 24.6 Å². The number of aliphatic hydroxyl groups excluding tert-OH is 1. The third kappa shape index (κ3) is 6.55. The highest BCUT2D eigenvalue weighted by Gasteiger charge is 2.34. The van der Waals surface area contributed by atoms with Gasteiger partial charge < -0.3 is 15.7 Å². The van der Waals surface area contributed by atoms with Crippen LogP contribution in [0.2, 0.25) is 0 Å². The second kappa shape index (κ2) is 8.19. The molecule has 0 aromatic heterocycles. The molecular formula is C15H26F3N3O2. The van der Waals surface area contributed by atoms with Crippen LogP contribution in [0.4, 0.5) is 18.0 Å². The van der Waals surface area contributed by atoms with Gasteiger partial charge in [0.15, 0.2) is 0 Å². The van der Waals surface area contributed by atoms with Crippen molar-refractivity contribution in [3.05, 3.63) is 0 Å². The van der Waals surface area contributed by atoms with E-state index < -0.39 is 12.7 Å². The van der Waals surface area contributed by atoms with Crippen molar-refractivity contribution in [2.45, 2.75) is 44.3 Å². The Hall–Kier alpha value is -1.02. The minimum atomic E-state index is -4.16. The number of carbonyl (C=O) groups is 1. The van der Waals surface area contributed by atoms with Crippen LogP contribution in [0.15, 0.2) is 0 Å². The van der Waals surface area contributed by atoms with Crippen LogP contribution in [-0.4, -0.2) is 61.0 Å². The van der Waals surface area contributed by atoms with Crippen molar-refractivity contribution in [1.29, 1.82) is 0 Å². The average Bonchev–Trinajstić information content (AvgIpc) is 2.91. The molecule has 1 unspecified atom stereocenters. The molecule has 0 bridgehead atoms. The maximum Gasteiger partial charge on any atom is 0.401 e. The molecule has 8 heteroatoms. The largest absolute Gasteiger partial charge is 0.401 e. The van der Waals surface area contributed by atoms with Gasteiger partial charge in [0.1, 0.15) is 0 Å². The van der Waals surface area contributed by atoms with Crippen molar-refractivity contribution < 1.29 is 23.1 Å². The molecule has 1 heterocycles. The van der Waals surface area contributed by atoms with Crippen LogP contribution in [0.25, 0.3) is 0 Å². The molecule has 2 fully saturated rings. The lowest BCUT2D eigenvalue weighted by atomic mass is 9.87. The van der Waals surface area contributed by atoms with Gasteiger partial charge in [-0.3, -0.25) is 4.90 Å². The number of nitrogens with one attached hydrogen (secondary N) is 2. The van der Waals surface area contributed by atoms with Gasteiger partial charge in [0.05, 0.1) is 6.54 Å². The fourth-order valence-electron chi connectivity index (χ4n) is 3.44. The first-order valence-corrected chi connectivity index (χ1v) is 8.30. The highest BCUT2D eigenvalue weighted by Crippen LogP contribution is 2.24. The second-order valence-corrected chi connectivity index (χ2v) is 6.76. The van der Waals surface area contributed by atoms with E-state index in [2.05, 4.69) is 10.6 Å². The van der Waals surface area contributed by atoms with Crippen LogP contribution < -0.4 is 10.6 Å². The van der Waals surface area contributed by atoms with Crippen molar-refractivity contribution >= 4 is 6.03 Å². The van der Waals surface area contributed by atoms with E-state index in [0.29, 0.717) is 32.0 Å². The number of carbonyl (C=O) groups excluding carboxylic acids is 1. The summed E-state index contributed by atoms with van der Waals surface area (Å²) < 4.78 is 37.0. The molecule has 23 heavy (non-hydrogen) atoms. The Bertz CT molecular complexity index is 385. The predicted octanol–water partition coefficient (Wildman–Crippen LogP) is 1.72. The molecule has 0 aromatic carbocycles. The molecular weight excluding hydrogens is 311 g/mol. The number of hydrogen-bond donors (Lipinski definition) is 3. The Morgan fingerprint density at radius 2 is 1.83 bits per heavy atom. The summed E-state index contributed by atoms with van der Waals surface area (Å²) >= 11 is 0. The van der Waals surface area contributed by atoms with E-state index in [9.17, 15) is 18.0 Å². The molecule has 2 amide bonds. The molecule has 134 valence electrons. The Kier molecular flexibility index (Phi) is 6.52. The standard InChI is InChI=1S/C15H26F3N3O2/c16-15(17,18)10-21-6-5-12(8-21)7-19-14(23)20-13-3-1-11(9-22)2-4-13/h11-13,22H,1-10H2,(H2,19,20,23). The number of alkyl halides is 3. The van der Waals surface area contributed by atoms with Crippen LogP contribution >= 0.6 is 0 Å². The smallest absolute Gasteiger partial charge is 0.396 e. The molecule has 0 spiro atoms. The van der Waals surface area contributed by atoms with Gasteiger partial charge in [-0.1, -0.05) is 0 Å². The average molecular weight is 337 g/mol. The minimum Gasteiger partial charge on any atom is -0.396 e. The topological polar surface area (TPSA) is 64.6 Å². The maximum atomic E-state index is 12.3. The number of rotatable bonds is 5. The lowest BCUT2D eigenvalue weighted by Gasteiger charge is -2.28. The molecule has 1 aliphatic heterocycles. The highest BCUT2D eigenvalue weighted by atomic mass is 19.4. The van der Waals surface area contributed by atoms with Gasteiger partial charge >= 0.3 is 12.2 Å². The number of aliphatic hydroxyl groups is 1. The first-order valence-electron chi connectivity index (χ1n) is 8.30. The van der Waals surface area contributed by atoms with Crippen molar-refractivity contribution in [3.8, 4) is 0 Å². The Balaban J connectivity index is 1.60. The molecule has 1 atom stereocenters. The molecule has 5 nitrogen and oxygen atoms in total. The summed E-state index contributed by atoms with van der Waals surface area (Å²) in [5.41, 5.74) is 0. The summed E-state index contributed by atoms with van der Waals surface area (Å²) in [5.74, 6) is 0.419. The van der Waals surface area contributed by atoms with Gasteiger partial charge in [-0.2, -0.15) is 13.2 Å². The number of amides is 2. The maximum absolute atomic E-state index is 12.3. The summed E-state index contributed by atoms with van der Waals surface area (Å²) in [6, 6.07) is -0.116. The van der Waals surface area contributed by atoms with Crippen LogP contribution in [0.1, 0.15) is 32.1 Å². The van der Waals surface area contributed by atoms with E-state index in [1.807, 2.05) is 0 Å². The van der Waals surface area contributed by atoms with Crippen molar-refractivity contribution in [2.75, 3.05) is 32.8 Å². The summed E-state index contributed by atoms with van der Waals surface area (Å²) in [5, 5.41) is 14.8. The molecule has 3 N–H and O–H groups in total. The predicted molar refractivity (Wildman–Crippen MR) is 80.0 cm³/mol. The summed E-state index contributed by atoms with van der Waals surface area (Å²) in [7, 11) is 0. The molecule has 0 aromatic rings. The normalized spacial score (nSPS) is 29.5. The van der Waals surface area contributed by atoms with Gasteiger partial charge in [0.2, 0.25) is 0 Å². The number of nitrogens with zero attached hydrogens (tertiary/aromatic N) is 1. The zero-order chi connectivity index (χ0) is 16.9. The van der Waals surface area contributed by atoms with E-state index in [0.717, 1.165) is 25.7 Å². The van der Waals surface area contributed by atoms with Crippen molar-refractivity contribution in [3.63, 3.8) is 0 Å². The molecule has 1 saturated heterocycles. The Labute approximate surface area is 134 Å². The summed E-state index contributed by atoms with van der Waals surface area (Å²) in [6.45, 7) is 0.547. The molecule has 1 saturated carbocycles. The second-order valence-electron chi connectivity index (χ2n) is 6.76. The fourth-order valence-corrected chi connectivity index (χ4v) is 3.44. The SMILES string of the molecule is O=C(NCC1CCN(CC(F)(F)F)C1)NC1CCC(CO)CC1. The van der Waals surface area contributed by atoms with Crippen molar-refractivity contribution in [1.82, 2.24) is 15.5 Å². The summed E-state index contributed by atoms with van der Waals surface area (Å²) in [4.78, 5) is 13.3. The molecule has 0 radical (unpaired) electrons. The van der Waals surface area contributed by atoms with Crippen LogP contribution in [0.3, 0.4) is 0 Å². The Morgan fingerprint density at radius 3 is 2.43 bits per heavy atom. The van der Waals surface area contributed by atoms with E-state index in [4.69, 9.17) is 5.11 Å². The minimum absolute atomic E-state index is 0.0771. The fraction of sp³-hybridized carbons (Fsp3) is 0.933. The first-order chi connectivity index (χ1) is 10.9. The van der Waals surface area contributed by atoms with Gasteiger partial charge in [-0.25, -0.2) is 4.79 Å². The van der Waals surface area contributed by atoms with Gasteiger partial charge in [0, 0.05) is 25.7 Å². The molecule has 2 aliphatic rings. The number of urea groups is 1. The lowest BCUT2D eigenvalue weighted by molar-refractivity contribution is -0.143. The zero-order valence-electron chi connectivity index (χ0n) is 13.2. The van der Waals surface area contributed by atoms with E-state index in [1.165, 1.54) is 4.90 Å². The van der Waals surface area contributed by atoms with Gasteiger partial charge in [-0.15, -0.1) is 0 Å². The molecule has 1 aliphatic carbocycles. The highest BCUT2D eigenvalue weighted by molar-refractivity contribution is 5.74. The third-order valence-electron chi connectivity index (χ3n) is 4.76. The number of likely N-dealkylation sites (tertiary alicyclic amines) is 1. The third-order valence-corrected chi connectivity index (χ3v) is 4.76. The Morgan fingerprint density at radius 1 is 1.13 bits per heavy atom. The van der Waals surface area contributed by atoms with E-state index in [1.54, 1.807) is 0 Å². The van der Waals surface area contributed by atoms with Crippen molar-refractivity contribution in [2.24, 2.45) is 11.8 Å². The zero-order valence-corrected chi connectivity index (χ0v) is 13.2. The monoisotopic (exact) mass is 337 g/mol. The lowest BCUT2D eigenvalue weighted by Crippen LogP contribution is -2.45. The number of hydrogen-bond acceptors (Lipinski definition) is 3. The van der Waals surface area contributed by atoms with Gasteiger partial charge in [-0.05, 0) is 50.5 Å². The van der Waals surface area contributed by atoms with E-state index >= 15 is 0 Å². The number of halogens is 3. The van der Waals surface area contributed by atoms with Crippen LogP contribution in [0, 0.1) is 11.8 Å².